The van der Waals surface area contributed by atoms with E-state index < -0.39 is 32.6 Å². The minimum absolute atomic E-state index is 0.157. The summed E-state index contributed by atoms with van der Waals surface area (Å²) < 4.78 is 70.6. The molecule has 0 saturated carbocycles. The maximum absolute atomic E-state index is 13.0. The van der Waals surface area contributed by atoms with E-state index in [1.807, 2.05) is 4.72 Å². The number of nitrogens with one attached hydrogen (secondary N) is 1. The maximum Gasteiger partial charge on any atom is 0.417 e. The van der Waals surface area contributed by atoms with E-state index in [1.54, 1.807) is 0 Å². The number of ether oxygens (including phenoxy) is 1. The van der Waals surface area contributed by atoms with Crippen LogP contribution in [0.4, 0.5) is 18.9 Å². The van der Waals surface area contributed by atoms with Crippen molar-refractivity contribution in [2.75, 3.05) is 11.8 Å². The van der Waals surface area contributed by atoms with Gasteiger partial charge in [0, 0.05) is 10.2 Å². The van der Waals surface area contributed by atoms with Crippen molar-refractivity contribution < 1.29 is 36.2 Å². The van der Waals surface area contributed by atoms with Gasteiger partial charge in [-0.25, -0.2) is 13.2 Å². The molecular formula is C15H11BrF3NO5S. The highest BCUT2D eigenvalue weighted by molar-refractivity contribution is 9.10. The second-order valence-corrected chi connectivity index (χ2v) is 7.47. The number of hydrogen-bond acceptors (Lipinski definition) is 4. The van der Waals surface area contributed by atoms with E-state index in [-0.39, 0.29) is 21.5 Å². The van der Waals surface area contributed by atoms with Crippen LogP contribution < -0.4 is 9.46 Å². The number of benzene rings is 2. The fourth-order valence-corrected chi connectivity index (χ4v) is 3.75. The highest BCUT2D eigenvalue weighted by atomic mass is 79.9. The zero-order valence-corrected chi connectivity index (χ0v) is 15.4. The van der Waals surface area contributed by atoms with Gasteiger partial charge >= 0.3 is 12.1 Å². The van der Waals surface area contributed by atoms with Gasteiger partial charge in [0.2, 0.25) is 0 Å². The fourth-order valence-electron chi connectivity index (χ4n) is 2.04. The van der Waals surface area contributed by atoms with Gasteiger partial charge < -0.3 is 9.84 Å². The minimum Gasteiger partial charge on any atom is -0.495 e. The number of anilines is 1. The summed E-state index contributed by atoms with van der Waals surface area (Å²) in [5.41, 5.74) is -1.73. The highest BCUT2D eigenvalue weighted by Gasteiger charge is 2.33. The van der Waals surface area contributed by atoms with Crippen molar-refractivity contribution in [1.82, 2.24) is 0 Å². The largest absolute Gasteiger partial charge is 0.495 e. The first kappa shape index (κ1) is 20.0. The second-order valence-electron chi connectivity index (χ2n) is 4.97. The van der Waals surface area contributed by atoms with E-state index in [4.69, 9.17) is 9.84 Å². The quantitative estimate of drug-likeness (QED) is 0.714. The summed E-state index contributed by atoms with van der Waals surface area (Å²) >= 11 is 2.76. The summed E-state index contributed by atoms with van der Waals surface area (Å²) in [6.45, 7) is 0. The minimum atomic E-state index is -4.69. The molecule has 2 rings (SSSR count). The molecule has 2 aromatic rings. The van der Waals surface area contributed by atoms with E-state index >= 15 is 0 Å². The number of methoxy groups -OCH3 is 1. The number of carboxylic acid groups (broad SMARTS) is 1. The fraction of sp³-hybridized carbons (Fsp3) is 0.133. The van der Waals surface area contributed by atoms with Crippen LogP contribution in [0.15, 0.2) is 45.8 Å². The molecule has 0 spiro atoms. The second kappa shape index (κ2) is 7.16. The molecule has 2 N–H and O–H groups in total. The zero-order chi connectivity index (χ0) is 19.7. The van der Waals surface area contributed by atoms with Crippen molar-refractivity contribution >= 4 is 37.6 Å². The number of sulfonamides is 1. The lowest BCUT2D eigenvalue weighted by Crippen LogP contribution is -2.16. The highest BCUT2D eigenvalue weighted by Crippen LogP contribution is 2.37. The molecule has 0 amide bonds. The Labute approximate surface area is 154 Å². The number of aromatic carboxylic acids is 1. The summed E-state index contributed by atoms with van der Waals surface area (Å²) in [6.07, 6.45) is -4.69. The summed E-state index contributed by atoms with van der Waals surface area (Å²) in [6, 6.07) is 5.93. The van der Waals surface area contributed by atoms with Crippen LogP contribution in [0.3, 0.4) is 0 Å². The third kappa shape index (κ3) is 4.28. The zero-order valence-electron chi connectivity index (χ0n) is 13.0. The molecule has 0 heterocycles. The number of rotatable bonds is 5. The van der Waals surface area contributed by atoms with Gasteiger partial charge in [-0.1, -0.05) is 15.9 Å². The van der Waals surface area contributed by atoms with E-state index in [9.17, 15) is 26.4 Å². The van der Waals surface area contributed by atoms with Crippen LogP contribution in [-0.4, -0.2) is 26.6 Å². The SMILES string of the molecule is COc1ccc(C(=O)O)cc1S(=O)(=O)Nc1ccc(Br)c(C(F)(F)F)c1. The average Bonchev–Trinajstić information content (AvgIpc) is 2.54. The Bertz CT molecular complexity index is 960. The lowest BCUT2D eigenvalue weighted by atomic mass is 10.2. The van der Waals surface area contributed by atoms with Gasteiger partial charge in [-0.15, -0.1) is 0 Å². The molecule has 11 heteroatoms. The first-order valence-electron chi connectivity index (χ1n) is 6.76. The lowest BCUT2D eigenvalue weighted by Gasteiger charge is -2.14. The molecule has 0 radical (unpaired) electrons. The Morgan fingerprint density at radius 2 is 1.85 bits per heavy atom. The van der Waals surface area contributed by atoms with E-state index in [1.165, 1.54) is 7.11 Å². The normalized spacial score (nSPS) is 11.9. The summed E-state index contributed by atoms with van der Waals surface area (Å²) in [5.74, 6) is -1.53. The van der Waals surface area contributed by atoms with Crippen LogP contribution in [0.2, 0.25) is 0 Å². The maximum atomic E-state index is 13.0. The molecule has 0 atom stereocenters. The van der Waals surface area contributed by atoms with Crippen LogP contribution in [-0.2, 0) is 16.2 Å². The molecule has 0 aromatic heterocycles. The van der Waals surface area contributed by atoms with Crippen LogP contribution in [0.1, 0.15) is 15.9 Å². The van der Waals surface area contributed by atoms with Crippen molar-refractivity contribution in [2.45, 2.75) is 11.1 Å². The molecule has 0 fully saturated rings. The number of halogens is 4. The molecular weight excluding hydrogens is 443 g/mol. The van der Waals surface area contributed by atoms with Gasteiger partial charge in [-0.05, 0) is 36.4 Å². The number of hydrogen-bond donors (Lipinski definition) is 2. The number of carboxylic acids is 1. The van der Waals surface area contributed by atoms with Crippen LogP contribution in [0.5, 0.6) is 5.75 Å². The van der Waals surface area contributed by atoms with Gasteiger partial charge in [0.1, 0.15) is 10.6 Å². The molecule has 0 bridgehead atoms. The Kier molecular flexibility index (Phi) is 5.52. The molecule has 0 saturated heterocycles. The van der Waals surface area contributed by atoms with Crippen LogP contribution in [0.25, 0.3) is 0 Å². The van der Waals surface area contributed by atoms with E-state index in [2.05, 4.69) is 15.9 Å². The monoisotopic (exact) mass is 453 g/mol. The van der Waals surface area contributed by atoms with Gasteiger partial charge in [0.25, 0.3) is 10.0 Å². The van der Waals surface area contributed by atoms with Gasteiger partial charge in [-0.3, -0.25) is 4.72 Å². The molecule has 0 aliphatic heterocycles. The Hall–Kier alpha value is -2.27. The van der Waals surface area contributed by atoms with Crippen molar-refractivity contribution in [3.05, 3.63) is 52.0 Å². The Morgan fingerprint density at radius 1 is 1.19 bits per heavy atom. The molecule has 6 nitrogen and oxygen atoms in total. The van der Waals surface area contributed by atoms with E-state index in [0.29, 0.717) is 6.07 Å². The lowest BCUT2D eigenvalue weighted by molar-refractivity contribution is -0.138. The van der Waals surface area contributed by atoms with Crippen molar-refractivity contribution in [3.8, 4) is 5.75 Å². The van der Waals surface area contributed by atoms with Crippen molar-refractivity contribution in [3.63, 3.8) is 0 Å². The molecule has 0 aliphatic rings. The third-order valence-electron chi connectivity index (χ3n) is 3.22. The predicted molar refractivity (Wildman–Crippen MR) is 89.9 cm³/mol. The summed E-state index contributed by atoms with van der Waals surface area (Å²) in [4.78, 5) is 10.5. The molecule has 26 heavy (non-hydrogen) atoms. The van der Waals surface area contributed by atoms with Crippen molar-refractivity contribution in [2.24, 2.45) is 0 Å². The molecule has 140 valence electrons. The first-order chi connectivity index (χ1) is 12.0. The molecule has 0 unspecified atom stereocenters. The summed E-state index contributed by atoms with van der Waals surface area (Å²) in [7, 11) is -3.23. The standard InChI is InChI=1S/C15H11BrF3NO5S/c1-25-12-5-2-8(14(21)22)6-13(12)26(23,24)20-9-3-4-11(16)10(7-9)15(17,18)19/h2-7,20H,1H3,(H,21,22). The van der Waals surface area contributed by atoms with Gasteiger partial charge in [0.05, 0.1) is 18.2 Å². The topological polar surface area (TPSA) is 92.7 Å². The van der Waals surface area contributed by atoms with Gasteiger partial charge in [-0.2, -0.15) is 13.2 Å². The van der Waals surface area contributed by atoms with Crippen LogP contribution >= 0.6 is 15.9 Å². The Morgan fingerprint density at radius 3 is 2.38 bits per heavy atom. The predicted octanol–water partition coefficient (Wildman–Crippen LogP) is 3.98. The molecule has 2 aromatic carbocycles. The molecule has 0 aliphatic carbocycles. The van der Waals surface area contributed by atoms with E-state index in [0.717, 1.165) is 30.3 Å². The van der Waals surface area contributed by atoms with Crippen LogP contribution in [0, 0.1) is 0 Å². The third-order valence-corrected chi connectivity index (χ3v) is 5.32. The van der Waals surface area contributed by atoms with Crippen molar-refractivity contribution in [1.29, 1.82) is 0 Å². The smallest absolute Gasteiger partial charge is 0.417 e. The first-order valence-corrected chi connectivity index (χ1v) is 9.04. The average molecular weight is 454 g/mol. The number of alkyl halides is 3. The summed E-state index contributed by atoms with van der Waals surface area (Å²) in [5, 5.41) is 9.00. The van der Waals surface area contributed by atoms with Gasteiger partial charge in [0.15, 0.2) is 0 Å². The Balaban J connectivity index is 2.50. The number of carbonyl (C=O) groups is 1.